The van der Waals surface area contributed by atoms with Crippen LogP contribution in [0.15, 0.2) is 18.5 Å². The van der Waals surface area contributed by atoms with Crippen molar-refractivity contribution in [2.24, 2.45) is 5.92 Å². The molecule has 1 N–H and O–H groups in total. The average Bonchev–Trinajstić information content (AvgIpc) is 2.21. The maximum absolute atomic E-state index is 11.9. The number of rotatable bonds is 3. The Hall–Kier alpha value is -1.65. The molecule has 0 bridgehead atoms. The average molecular weight is 232 g/mol. The molecule has 5 heteroatoms. The van der Waals surface area contributed by atoms with Crippen LogP contribution in [0.2, 0.25) is 0 Å². The van der Waals surface area contributed by atoms with Gasteiger partial charge in [0.15, 0.2) is 0 Å². The lowest BCUT2D eigenvalue weighted by molar-refractivity contribution is -0.142. The molecular formula is C12H16N4O. The number of hydrogen-bond donors (Lipinski definition) is 1. The predicted octanol–water partition coefficient (Wildman–Crippen LogP) is 0.899. The first-order valence-electron chi connectivity index (χ1n) is 6.15. The normalized spacial score (nSPS) is 20.6. The van der Waals surface area contributed by atoms with E-state index in [1.54, 1.807) is 18.5 Å². The molecule has 1 aromatic heterocycles. The Morgan fingerprint density at radius 2 is 2.00 bits per heavy atom. The molecule has 2 aliphatic rings. The van der Waals surface area contributed by atoms with E-state index in [1.807, 2.05) is 4.90 Å². The highest BCUT2D eigenvalue weighted by Crippen LogP contribution is 2.29. The van der Waals surface area contributed by atoms with E-state index < -0.39 is 0 Å². The van der Waals surface area contributed by atoms with Gasteiger partial charge in [0, 0.05) is 31.4 Å². The number of nitrogens with zero attached hydrogens (tertiary/aromatic N) is 3. The van der Waals surface area contributed by atoms with Gasteiger partial charge in [0.05, 0.1) is 6.04 Å². The molecule has 0 unspecified atom stereocenters. The van der Waals surface area contributed by atoms with Crippen molar-refractivity contribution in [2.45, 2.75) is 25.3 Å². The second-order valence-electron chi connectivity index (χ2n) is 4.78. The van der Waals surface area contributed by atoms with Gasteiger partial charge < -0.3 is 10.2 Å². The van der Waals surface area contributed by atoms with Crippen molar-refractivity contribution < 1.29 is 4.79 Å². The lowest BCUT2D eigenvalue weighted by Gasteiger charge is -2.42. The van der Waals surface area contributed by atoms with Crippen molar-refractivity contribution >= 4 is 11.9 Å². The molecule has 1 aliphatic carbocycles. The van der Waals surface area contributed by atoms with Gasteiger partial charge in [-0.05, 0) is 18.9 Å². The minimum Gasteiger partial charge on any atom is -0.348 e. The lowest BCUT2D eigenvalue weighted by atomic mass is 9.83. The third kappa shape index (κ3) is 2.09. The van der Waals surface area contributed by atoms with E-state index >= 15 is 0 Å². The molecular weight excluding hydrogens is 216 g/mol. The van der Waals surface area contributed by atoms with Crippen LogP contribution in [-0.2, 0) is 4.79 Å². The first-order chi connectivity index (χ1) is 8.33. The minimum absolute atomic E-state index is 0.307. The predicted molar refractivity (Wildman–Crippen MR) is 63.4 cm³/mol. The molecule has 0 atom stereocenters. The fourth-order valence-electron chi connectivity index (χ4n) is 2.22. The van der Waals surface area contributed by atoms with Crippen LogP contribution in [0.5, 0.6) is 0 Å². The summed E-state index contributed by atoms with van der Waals surface area (Å²) in [5, 5.41) is 3.22. The maximum Gasteiger partial charge on any atom is 0.225 e. The van der Waals surface area contributed by atoms with Gasteiger partial charge in [-0.3, -0.25) is 4.79 Å². The van der Waals surface area contributed by atoms with Gasteiger partial charge in [-0.15, -0.1) is 0 Å². The second-order valence-corrected chi connectivity index (χ2v) is 4.78. The summed E-state index contributed by atoms with van der Waals surface area (Å²) in [4.78, 5) is 22.0. The summed E-state index contributed by atoms with van der Waals surface area (Å²) >= 11 is 0. The number of likely N-dealkylation sites (tertiary alicyclic amines) is 1. The van der Waals surface area contributed by atoms with Crippen LogP contribution in [0, 0.1) is 5.92 Å². The first-order valence-corrected chi connectivity index (χ1v) is 6.15. The number of carbonyl (C=O) groups excluding carboxylic acids is 1. The molecule has 5 nitrogen and oxygen atoms in total. The highest BCUT2D eigenvalue weighted by molar-refractivity contribution is 5.80. The number of carbonyl (C=O) groups is 1. The number of anilines is 1. The lowest BCUT2D eigenvalue weighted by Crippen LogP contribution is -2.59. The van der Waals surface area contributed by atoms with E-state index in [4.69, 9.17) is 0 Å². The molecule has 0 spiro atoms. The Balaban J connectivity index is 1.47. The molecule has 2 fully saturated rings. The van der Waals surface area contributed by atoms with Gasteiger partial charge in [0.1, 0.15) is 0 Å². The molecule has 1 aromatic rings. The number of aromatic nitrogens is 2. The van der Waals surface area contributed by atoms with Crippen molar-refractivity contribution in [3.05, 3.63) is 18.5 Å². The van der Waals surface area contributed by atoms with Gasteiger partial charge in [-0.1, -0.05) is 6.42 Å². The standard InChI is InChI=1S/C12H16N4O/c17-11(9-3-1-4-9)16-7-10(8-16)15-12-13-5-2-6-14-12/h2,5-6,9-10H,1,3-4,7-8H2,(H,13,14,15). The Kier molecular flexibility index (Phi) is 2.66. The molecule has 17 heavy (non-hydrogen) atoms. The number of nitrogens with one attached hydrogen (secondary N) is 1. The molecule has 90 valence electrons. The Labute approximate surface area is 100 Å². The highest BCUT2D eigenvalue weighted by atomic mass is 16.2. The van der Waals surface area contributed by atoms with Gasteiger partial charge in [0.25, 0.3) is 0 Å². The zero-order chi connectivity index (χ0) is 11.7. The van der Waals surface area contributed by atoms with E-state index in [0.717, 1.165) is 25.9 Å². The third-order valence-electron chi connectivity index (χ3n) is 3.55. The smallest absolute Gasteiger partial charge is 0.225 e. The number of amides is 1. The van der Waals surface area contributed by atoms with Crippen LogP contribution in [0.4, 0.5) is 5.95 Å². The quantitative estimate of drug-likeness (QED) is 0.841. The van der Waals surface area contributed by atoms with Gasteiger partial charge >= 0.3 is 0 Å². The summed E-state index contributed by atoms with van der Waals surface area (Å²) < 4.78 is 0. The van der Waals surface area contributed by atoms with Gasteiger partial charge in [-0.25, -0.2) is 9.97 Å². The van der Waals surface area contributed by atoms with Crippen LogP contribution in [0.3, 0.4) is 0 Å². The van der Waals surface area contributed by atoms with E-state index in [9.17, 15) is 4.79 Å². The molecule has 0 radical (unpaired) electrons. The third-order valence-corrected chi connectivity index (χ3v) is 3.55. The molecule has 1 saturated heterocycles. The first kappa shape index (κ1) is 10.5. The molecule has 3 rings (SSSR count). The largest absolute Gasteiger partial charge is 0.348 e. The van der Waals surface area contributed by atoms with Crippen LogP contribution in [0.25, 0.3) is 0 Å². The zero-order valence-corrected chi connectivity index (χ0v) is 9.67. The second kappa shape index (κ2) is 4.31. The molecule has 1 amide bonds. The topological polar surface area (TPSA) is 58.1 Å². The minimum atomic E-state index is 0.307. The highest BCUT2D eigenvalue weighted by Gasteiger charge is 2.36. The summed E-state index contributed by atoms with van der Waals surface area (Å²) in [7, 11) is 0. The monoisotopic (exact) mass is 232 g/mol. The molecule has 2 heterocycles. The van der Waals surface area contributed by atoms with Crippen molar-refractivity contribution in [1.82, 2.24) is 14.9 Å². The Bertz CT molecular complexity index is 398. The molecule has 1 aliphatic heterocycles. The van der Waals surface area contributed by atoms with E-state index in [1.165, 1.54) is 6.42 Å². The van der Waals surface area contributed by atoms with Crippen molar-refractivity contribution in [1.29, 1.82) is 0 Å². The summed E-state index contributed by atoms with van der Waals surface area (Å²) in [6.07, 6.45) is 6.80. The van der Waals surface area contributed by atoms with Crippen LogP contribution in [-0.4, -0.2) is 39.9 Å². The summed E-state index contributed by atoms with van der Waals surface area (Å²) in [6, 6.07) is 2.10. The summed E-state index contributed by atoms with van der Waals surface area (Å²) in [5.41, 5.74) is 0. The number of hydrogen-bond acceptors (Lipinski definition) is 4. The van der Waals surface area contributed by atoms with Crippen molar-refractivity contribution in [2.75, 3.05) is 18.4 Å². The fraction of sp³-hybridized carbons (Fsp3) is 0.583. The fourth-order valence-corrected chi connectivity index (χ4v) is 2.22. The SMILES string of the molecule is O=C(C1CCC1)N1CC(Nc2ncccn2)C1. The Morgan fingerprint density at radius 1 is 1.29 bits per heavy atom. The van der Waals surface area contributed by atoms with Gasteiger partial charge in [-0.2, -0.15) is 0 Å². The van der Waals surface area contributed by atoms with Crippen LogP contribution in [0.1, 0.15) is 19.3 Å². The van der Waals surface area contributed by atoms with E-state index in [2.05, 4.69) is 15.3 Å². The Morgan fingerprint density at radius 3 is 2.59 bits per heavy atom. The molecule has 0 aromatic carbocycles. The van der Waals surface area contributed by atoms with Crippen LogP contribution < -0.4 is 5.32 Å². The zero-order valence-electron chi connectivity index (χ0n) is 9.67. The van der Waals surface area contributed by atoms with Crippen molar-refractivity contribution in [3.8, 4) is 0 Å². The van der Waals surface area contributed by atoms with Crippen molar-refractivity contribution in [3.63, 3.8) is 0 Å². The van der Waals surface area contributed by atoms with Gasteiger partial charge in [0.2, 0.25) is 11.9 Å². The van der Waals surface area contributed by atoms with E-state index in [-0.39, 0.29) is 0 Å². The maximum atomic E-state index is 11.9. The van der Waals surface area contributed by atoms with Crippen LogP contribution >= 0.6 is 0 Å². The molecule has 1 saturated carbocycles. The summed E-state index contributed by atoms with van der Waals surface area (Å²) in [5.74, 6) is 1.29. The summed E-state index contributed by atoms with van der Waals surface area (Å²) in [6.45, 7) is 1.57. The van der Waals surface area contributed by atoms with E-state index in [0.29, 0.717) is 23.8 Å².